The second-order valence-corrected chi connectivity index (χ2v) is 5.81. The van der Waals surface area contributed by atoms with E-state index in [2.05, 4.69) is 4.90 Å². The smallest absolute Gasteiger partial charge is 0.181 e. The van der Waals surface area contributed by atoms with E-state index in [0.29, 0.717) is 13.2 Å². The van der Waals surface area contributed by atoms with Gasteiger partial charge < -0.3 is 14.2 Å². The Labute approximate surface area is 124 Å². The van der Waals surface area contributed by atoms with Crippen LogP contribution in [0.2, 0.25) is 5.02 Å². The summed E-state index contributed by atoms with van der Waals surface area (Å²) < 4.78 is 17.0. The van der Waals surface area contributed by atoms with Crippen LogP contribution in [-0.2, 0) is 16.0 Å². The number of rotatable bonds is 3. The zero-order valence-corrected chi connectivity index (χ0v) is 12.5. The maximum absolute atomic E-state index is 6.09. The summed E-state index contributed by atoms with van der Waals surface area (Å²) in [4.78, 5) is 2.35. The number of methoxy groups -OCH3 is 1. The van der Waals surface area contributed by atoms with Gasteiger partial charge in [-0.25, -0.2) is 0 Å². The minimum Gasteiger partial charge on any atom is -0.496 e. The summed E-state index contributed by atoms with van der Waals surface area (Å²) in [5, 5.41) is 0.737. The van der Waals surface area contributed by atoms with Crippen molar-refractivity contribution in [3.05, 3.63) is 28.8 Å². The molecule has 2 saturated heterocycles. The van der Waals surface area contributed by atoms with Crippen LogP contribution < -0.4 is 4.74 Å². The van der Waals surface area contributed by atoms with Gasteiger partial charge in [-0.1, -0.05) is 11.6 Å². The normalized spacial score (nSPS) is 22.3. The van der Waals surface area contributed by atoms with Crippen molar-refractivity contribution in [1.29, 1.82) is 0 Å². The third kappa shape index (κ3) is 2.93. The van der Waals surface area contributed by atoms with E-state index in [1.807, 2.05) is 18.2 Å². The molecular weight excluding hydrogens is 278 g/mol. The van der Waals surface area contributed by atoms with Gasteiger partial charge in [0.2, 0.25) is 0 Å². The van der Waals surface area contributed by atoms with Gasteiger partial charge >= 0.3 is 0 Å². The zero-order chi connectivity index (χ0) is 14.0. The molecular formula is C15H20ClNO3. The van der Waals surface area contributed by atoms with Crippen LogP contribution in [0.1, 0.15) is 18.4 Å². The molecule has 4 nitrogen and oxygen atoms in total. The quantitative estimate of drug-likeness (QED) is 0.858. The van der Waals surface area contributed by atoms with Crippen LogP contribution in [0.3, 0.4) is 0 Å². The van der Waals surface area contributed by atoms with Crippen LogP contribution in [0, 0.1) is 0 Å². The number of likely N-dealkylation sites (tertiary alicyclic amines) is 1. The summed E-state index contributed by atoms with van der Waals surface area (Å²) in [6.45, 7) is 4.06. The Morgan fingerprint density at radius 1 is 1.35 bits per heavy atom. The highest BCUT2D eigenvalue weighted by molar-refractivity contribution is 6.30. The number of hydrogen-bond acceptors (Lipinski definition) is 4. The molecule has 0 bridgehead atoms. The van der Waals surface area contributed by atoms with E-state index < -0.39 is 0 Å². The maximum atomic E-state index is 6.09. The summed E-state index contributed by atoms with van der Waals surface area (Å²) in [5.41, 5.74) is 1.11. The summed E-state index contributed by atoms with van der Waals surface area (Å²) >= 11 is 6.09. The van der Waals surface area contributed by atoms with Gasteiger partial charge in [0.05, 0.1) is 26.9 Å². The van der Waals surface area contributed by atoms with Crippen LogP contribution in [0.5, 0.6) is 5.75 Å². The standard InChI is InChI=1S/C15H20ClNO3/c1-18-14-4-3-13(16)9-12(14)10-17-6-2-5-15(11-17)19-7-8-20-15/h3-4,9H,2,5-8,10-11H2,1H3. The summed E-state index contributed by atoms with van der Waals surface area (Å²) in [6, 6.07) is 5.74. The fourth-order valence-corrected chi connectivity index (χ4v) is 3.24. The fraction of sp³-hybridized carbons (Fsp3) is 0.600. The minimum absolute atomic E-state index is 0.385. The van der Waals surface area contributed by atoms with Crippen molar-refractivity contribution in [1.82, 2.24) is 4.90 Å². The summed E-state index contributed by atoms with van der Waals surface area (Å²) in [5.74, 6) is 0.492. The largest absolute Gasteiger partial charge is 0.496 e. The molecule has 0 amide bonds. The highest BCUT2D eigenvalue weighted by Crippen LogP contribution is 2.32. The van der Waals surface area contributed by atoms with Crippen LogP contribution in [0.15, 0.2) is 18.2 Å². The van der Waals surface area contributed by atoms with Crippen LogP contribution in [-0.4, -0.2) is 44.1 Å². The van der Waals surface area contributed by atoms with Gasteiger partial charge in [-0.15, -0.1) is 0 Å². The van der Waals surface area contributed by atoms with Crippen LogP contribution in [0.4, 0.5) is 0 Å². The third-order valence-electron chi connectivity index (χ3n) is 3.95. The topological polar surface area (TPSA) is 30.9 Å². The molecule has 20 heavy (non-hydrogen) atoms. The Bertz CT molecular complexity index is 474. The van der Waals surface area contributed by atoms with Gasteiger partial charge in [-0.2, -0.15) is 0 Å². The lowest BCUT2D eigenvalue weighted by Gasteiger charge is -2.38. The summed E-state index contributed by atoms with van der Waals surface area (Å²) in [6.07, 6.45) is 2.07. The van der Waals surface area contributed by atoms with Crippen molar-refractivity contribution in [2.45, 2.75) is 25.2 Å². The molecule has 0 unspecified atom stereocenters. The average Bonchev–Trinajstić information content (AvgIpc) is 2.87. The number of halogens is 1. The van der Waals surface area contributed by atoms with Crippen molar-refractivity contribution >= 4 is 11.6 Å². The Kier molecular flexibility index (Phi) is 4.17. The van der Waals surface area contributed by atoms with Crippen molar-refractivity contribution in [3.63, 3.8) is 0 Å². The molecule has 0 atom stereocenters. The Hall–Kier alpha value is -0.810. The van der Waals surface area contributed by atoms with Gasteiger partial charge in [0.1, 0.15) is 5.75 Å². The molecule has 1 spiro atoms. The molecule has 0 aliphatic carbocycles. The molecule has 1 aromatic carbocycles. The van der Waals surface area contributed by atoms with Crippen molar-refractivity contribution in [3.8, 4) is 5.75 Å². The molecule has 0 N–H and O–H groups in total. The van der Waals surface area contributed by atoms with E-state index >= 15 is 0 Å². The molecule has 110 valence electrons. The predicted octanol–water partition coefficient (Wildman–Crippen LogP) is 2.69. The first kappa shape index (κ1) is 14.1. The summed E-state index contributed by atoms with van der Waals surface area (Å²) in [7, 11) is 1.69. The number of piperidine rings is 1. The molecule has 2 aliphatic rings. The molecule has 0 aromatic heterocycles. The minimum atomic E-state index is -0.385. The molecule has 0 saturated carbocycles. The molecule has 2 fully saturated rings. The van der Waals surface area contributed by atoms with E-state index in [1.54, 1.807) is 7.11 Å². The van der Waals surface area contributed by atoms with Gasteiger partial charge in [0.15, 0.2) is 5.79 Å². The highest BCUT2D eigenvalue weighted by Gasteiger charge is 2.40. The number of hydrogen-bond donors (Lipinski definition) is 0. The molecule has 5 heteroatoms. The molecule has 1 aromatic rings. The fourth-order valence-electron chi connectivity index (χ4n) is 3.05. The average molecular weight is 298 g/mol. The highest BCUT2D eigenvalue weighted by atomic mass is 35.5. The first-order chi connectivity index (χ1) is 9.71. The van der Waals surface area contributed by atoms with E-state index in [-0.39, 0.29) is 5.79 Å². The molecule has 2 heterocycles. The Morgan fingerprint density at radius 2 is 2.15 bits per heavy atom. The molecule has 3 rings (SSSR count). The predicted molar refractivity (Wildman–Crippen MR) is 77.2 cm³/mol. The number of benzene rings is 1. The second kappa shape index (κ2) is 5.90. The van der Waals surface area contributed by atoms with E-state index in [9.17, 15) is 0 Å². The van der Waals surface area contributed by atoms with E-state index in [0.717, 1.165) is 48.8 Å². The monoisotopic (exact) mass is 297 g/mol. The first-order valence-corrected chi connectivity index (χ1v) is 7.41. The van der Waals surface area contributed by atoms with Gasteiger partial charge in [-0.3, -0.25) is 4.90 Å². The SMILES string of the molecule is COc1ccc(Cl)cc1CN1CCCC2(C1)OCCO2. The number of nitrogens with zero attached hydrogens (tertiary/aromatic N) is 1. The van der Waals surface area contributed by atoms with Gasteiger partial charge in [-0.05, 0) is 31.2 Å². The van der Waals surface area contributed by atoms with Gasteiger partial charge in [0, 0.05) is 23.6 Å². The van der Waals surface area contributed by atoms with Crippen LogP contribution >= 0.6 is 11.6 Å². The lowest BCUT2D eigenvalue weighted by atomic mass is 10.0. The number of ether oxygens (including phenoxy) is 3. The molecule has 2 aliphatic heterocycles. The van der Waals surface area contributed by atoms with E-state index in [4.69, 9.17) is 25.8 Å². The lowest BCUT2D eigenvalue weighted by Crippen LogP contribution is -2.48. The Morgan fingerprint density at radius 3 is 2.90 bits per heavy atom. The van der Waals surface area contributed by atoms with Crippen molar-refractivity contribution in [2.24, 2.45) is 0 Å². The second-order valence-electron chi connectivity index (χ2n) is 5.38. The molecule has 0 radical (unpaired) electrons. The maximum Gasteiger partial charge on any atom is 0.181 e. The van der Waals surface area contributed by atoms with Crippen molar-refractivity contribution in [2.75, 3.05) is 33.4 Å². The first-order valence-electron chi connectivity index (χ1n) is 7.03. The van der Waals surface area contributed by atoms with Gasteiger partial charge in [0.25, 0.3) is 0 Å². The lowest BCUT2D eigenvalue weighted by molar-refractivity contribution is -0.190. The van der Waals surface area contributed by atoms with Crippen LogP contribution in [0.25, 0.3) is 0 Å². The van der Waals surface area contributed by atoms with E-state index in [1.165, 1.54) is 0 Å². The van der Waals surface area contributed by atoms with Crippen molar-refractivity contribution < 1.29 is 14.2 Å². The third-order valence-corrected chi connectivity index (χ3v) is 4.18. The zero-order valence-electron chi connectivity index (χ0n) is 11.7. The Balaban J connectivity index is 1.72.